The second-order valence-corrected chi connectivity index (χ2v) is 8.05. The fourth-order valence-electron chi connectivity index (χ4n) is 4.13. The maximum atomic E-state index is 12.8. The van der Waals surface area contributed by atoms with Crippen LogP contribution in [0.1, 0.15) is 24.8 Å². The predicted molar refractivity (Wildman–Crippen MR) is 119 cm³/mol. The van der Waals surface area contributed by atoms with Gasteiger partial charge >= 0.3 is 6.09 Å². The van der Waals surface area contributed by atoms with Crippen molar-refractivity contribution in [2.75, 3.05) is 36.5 Å². The Morgan fingerprint density at radius 2 is 1.84 bits per heavy atom. The molecule has 1 saturated carbocycles. The molecule has 7 nitrogen and oxygen atoms in total. The highest BCUT2D eigenvalue weighted by Gasteiger charge is 2.31. The Labute approximate surface area is 182 Å². The number of ether oxygens (including phenoxy) is 2. The number of nitrogens with one attached hydrogen (secondary N) is 2. The van der Waals surface area contributed by atoms with E-state index in [1.807, 2.05) is 48.5 Å². The normalized spacial score (nSPS) is 20.8. The minimum atomic E-state index is -0.437. The molecule has 0 aromatic heterocycles. The SMILES string of the molecule is O=C(N[C@@H]1CC[C@@H](C(=O)Nc2cccc(N3CCOCC3)c2)C1)OCc1ccccc1. The van der Waals surface area contributed by atoms with Crippen molar-refractivity contribution in [3.05, 3.63) is 60.2 Å². The third-order valence-corrected chi connectivity index (χ3v) is 5.83. The molecule has 1 saturated heterocycles. The number of morpholine rings is 1. The molecule has 4 rings (SSSR count). The van der Waals surface area contributed by atoms with Crippen LogP contribution in [0.5, 0.6) is 0 Å². The van der Waals surface area contributed by atoms with Gasteiger partial charge in [-0.3, -0.25) is 4.79 Å². The second kappa shape index (κ2) is 10.3. The van der Waals surface area contributed by atoms with E-state index in [4.69, 9.17) is 9.47 Å². The Hall–Kier alpha value is -3.06. The average Bonchev–Trinajstić information content (AvgIpc) is 3.28. The van der Waals surface area contributed by atoms with E-state index in [9.17, 15) is 9.59 Å². The third kappa shape index (κ3) is 5.98. The highest BCUT2D eigenvalue weighted by Crippen LogP contribution is 2.28. The minimum absolute atomic E-state index is 0.00100. The summed E-state index contributed by atoms with van der Waals surface area (Å²) in [6.45, 7) is 3.39. The summed E-state index contributed by atoms with van der Waals surface area (Å²) >= 11 is 0. The molecule has 1 aliphatic heterocycles. The van der Waals surface area contributed by atoms with Crippen LogP contribution in [0.3, 0.4) is 0 Å². The maximum absolute atomic E-state index is 12.8. The standard InChI is InChI=1S/C24H29N3O4/c28-23(25-20-7-4-8-22(16-20)27-11-13-30-14-12-27)19-9-10-21(15-19)26-24(29)31-17-18-5-2-1-3-6-18/h1-8,16,19,21H,9-15,17H2,(H,25,28)(H,26,29)/t19-,21-/m1/s1. The van der Waals surface area contributed by atoms with Gasteiger partial charge < -0.3 is 25.0 Å². The largest absolute Gasteiger partial charge is 0.445 e. The first-order chi connectivity index (χ1) is 15.2. The molecule has 2 amide bonds. The van der Waals surface area contributed by atoms with Crippen LogP contribution in [-0.4, -0.2) is 44.3 Å². The van der Waals surface area contributed by atoms with E-state index in [1.54, 1.807) is 0 Å². The first-order valence-electron chi connectivity index (χ1n) is 10.9. The zero-order chi connectivity index (χ0) is 21.5. The van der Waals surface area contributed by atoms with E-state index in [2.05, 4.69) is 21.6 Å². The number of hydrogen-bond acceptors (Lipinski definition) is 5. The molecule has 2 N–H and O–H groups in total. The van der Waals surface area contributed by atoms with Gasteiger partial charge in [0, 0.05) is 36.4 Å². The van der Waals surface area contributed by atoms with Crippen molar-refractivity contribution < 1.29 is 19.1 Å². The minimum Gasteiger partial charge on any atom is -0.445 e. The molecule has 2 aromatic carbocycles. The maximum Gasteiger partial charge on any atom is 0.407 e. The molecule has 1 aliphatic carbocycles. The number of amides is 2. The predicted octanol–water partition coefficient (Wildman–Crippen LogP) is 3.56. The molecule has 2 atom stereocenters. The van der Waals surface area contributed by atoms with Crippen LogP contribution in [0.15, 0.2) is 54.6 Å². The van der Waals surface area contributed by atoms with Crippen molar-refractivity contribution in [1.82, 2.24) is 5.32 Å². The van der Waals surface area contributed by atoms with Crippen LogP contribution in [-0.2, 0) is 20.9 Å². The fraction of sp³-hybridized carbons (Fsp3) is 0.417. The van der Waals surface area contributed by atoms with Crippen molar-refractivity contribution in [1.29, 1.82) is 0 Å². The Bertz CT molecular complexity index is 883. The van der Waals surface area contributed by atoms with E-state index in [0.29, 0.717) is 6.42 Å². The summed E-state index contributed by atoms with van der Waals surface area (Å²) in [6, 6.07) is 17.5. The Balaban J connectivity index is 1.23. The number of carbonyl (C=O) groups is 2. The van der Waals surface area contributed by atoms with Crippen molar-refractivity contribution in [2.45, 2.75) is 31.9 Å². The van der Waals surface area contributed by atoms with Crippen LogP contribution < -0.4 is 15.5 Å². The lowest BCUT2D eigenvalue weighted by Gasteiger charge is -2.29. The summed E-state index contributed by atoms with van der Waals surface area (Å²) in [7, 11) is 0. The Morgan fingerprint density at radius 3 is 2.65 bits per heavy atom. The summed E-state index contributed by atoms with van der Waals surface area (Å²) < 4.78 is 10.7. The molecule has 2 aromatic rings. The summed E-state index contributed by atoms with van der Waals surface area (Å²) in [5.41, 5.74) is 2.83. The van der Waals surface area contributed by atoms with Gasteiger partial charge in [0.05, 0.1) is 13.2 Å². The number of nitrogens with zero attached hydrogens (tertiary/aromatic N) is 1. The smallest absolute Gasteiger partial charge is 0.407 e. The van der Waals surface area contributed by atoms with Crippen LogP contribution in [0.25, 0.3) is 0 Å². The molecule has 2 fully saturated rings. The fourth-order valence-corrected chi connectivity index (χ4v) is 4.13. The van der Waals surface area contributed by atoms with Gasteiger partial charge in [0.15, 0.2) is 0 Å². The molecule has 31 heavy (non-hydrogen) atoms. The van der Waals surface area contributed by atoms with E-state index >= 15 is 0 Å². The summed E-state index contributed by atoms with van der Waals surface area (Å²) in [4.78, 5) is 27.1. The highest BCUT2D eigenvalue weighted by atomic mass is 16.5. The van der Waals surface area contributed by atoms with Gasteiger partial charge in [-0.15, -0.1) is 0 Å². The van der Waals surface area contributed by atoms with Gasteiger partial charge in [0.25, 0.3) is 0 Å². The molecule has 2 aliphatic rings. The monoisotopic (exact) mass is 423 g/mol. The zero-order valence-electron chi connectivity index (χ0n) is 17.6. The van der Waals surface area contributed by atoms with Gasteiger partial charge in [-0.25, -0.2) is 4.79 Å². The molecular formula is C24H29N3O4. The first-order valence-corrected chi connectivity index (χ1v) is 10.9. The number of hydrogen-bond donors (Lipinski definition) is 2. The molecule has 164 valence electrons. The molecule has 1 heterocycles. The van der Waals surface area contributed by atoms with Crippen molar-refractivity contribution in [2.24, 2.45) is 5.92 Å². The lowest BCUT2D eigenvalue weighted by atomic mass is 10.1. The topological polar surface area (TPSA) is 79.9 Å². The molecule has 7 heteroatoms. The van der Waals surface area contributed by atoms with E-state index in [1.165, 1.54) is 0 Å². The molecular weight excluding hydrogens is 394 g/mol. The van der Waals surface area contributed by atoms with Gasteiger partial charge in [0.2, 0.25) is 5.91 Å². The van der Waals surface area contributed by atoms with Crippen molar-refractivity contribution in [3.8, 4) is 0 Å². The number of alkyl carbamates (subject to hydrolysis) is 1. The molecule has 0 unspecified atom stereocenters. The molecule has 0 bridgehead atoms. The van der Waals surface area contributed by atoms with Crippen LogP contribution in [0.4, 0.5) is 16.2 Å². The zero-order valence-corrected chi connectivity index (χ0v) is 17.6. The quantitative estimate of drug-likeness (QED) is 0.743. The van der Waals surface area contributed by atoms with Gasteiger partial charge in [-0.05, 0) is 43.0 Å². The van der Waals surface area contributed by atoms with E-state index in [-0.39, 0.29) is 24.5 Å². The number of carbonyl (C=O) groups excluding carboxylic acids is 2. The van der Waals surface area contributed by atoms with E-state index in [0.717, 1.165) is 56.1 Å². The van der Waals surface area contributed by atoms with Gasteiger partial charge in [-0.2, -0.15) is 0 Å². The summed E-state index contributed by atoms with van der Waals surface area (Å²) in [5.74, 6) is -0.118. The summed E-state index contributed by atoms with van der Waals surface area (Å²) in [6.07, 6.45) is 1.70. The van der Waals surface area contributed by atoms with Crippen LogP contribution in [0, 0.1) is 5.92 Å². The lowest BCUT2D eigenvalue weighted by molar-refractivity contribution is -0.119. The first kappa shape index (κ1) is 21.2. The Morgan fingerprint density at radius 1 is 1.03 bits per heavy atom. The summed E-state index contributed by atoms with van der Waals surface area (Å²) in [5, 5.41) is 5.93. The Kier molecular flexibility index (Phi) is 7.04. The van der Waals surface area contributed by atoms with Crippen molar-refractivity contribution >= 4 is 23.4 Å². The average molecular weight is 424 g/mol. The lowest BCUT2D eigenvalue weighted by Crippen LogP contribution is -2.36. The number of anilines is 2. The second-order valence-electron chi connectivity index (χ2n) is 8.05. The highest BCUT2D eigenvalue weighted by molar-refractivity contribution is 5.93. The van der Waals surface area contributed by atoms with Crippen LogP contribution in [0.2, 0.25) is 0 Å². The number of benzene rings is 2. The molecule has 0 radical (unpaired) electrons. The van der Waals surface area contributed by atoms with E-state index < -0.39 is 6.09 Å². The number of rotatable bonds is 6. The van der Waals surface area contributed by atoms with Crippen molar-refractivity contribution in [3.63, 3.8) is 0 Å². The van der Waals surface area contributed by atoms with Crippen LogP contribution >= 0.6 is 0 Å². The third-order valence-electron chi connectivity index (χ3n) is 5.83. The van der Waals surface area contributed by atoms with Gasteiger partial charge in [0.1, 0.15) is 6.61 Å². The molecule has 0 spiro atoms. The van der Waals surface area contributed by atoms with Gasteiger partial charge in [-0.1, -0.05) is 36.4 Å².